The highest BCUT2D eigenvalue weighted by atomic mass is 16.1. The first-order chi connectivity index (χ1) is 16.9. The lowest BCUT2D eigenvalue weighted by atomic mass is 9.93. The minimum atomic E-state index is -0.294. The highest BCUT2D eigenvalue weighted by molar-refractivity contribution is 5.82. The van der Waals surface area contributed by atoms with Gasteiger partial charge in [-0.1, -0.05) is 44.4 Å². The quantitative estimate of drug-likeness (QED) is 0.578. The minimum absolute atomic E-state index is 0.0598. The van der Waals surface area contributed by atoms with Gasteiger partial charge < -0.3 is 4.98 Å². The number of hydrogen-bond donors (Lipinski definition) is 1. The number of benzene rings is 1. The van der Waals surface area contributed by atoms with Crippen molar-refractivity contribution >= 4 is 10.9 Å². The van der Waals surface area contributed by atoms with Gasteiger partial charge in [-0.2, -0.15) is 0 Å². The molecule has 0 amide bonds. The van der Waals surface area contributed by atoms with Crippen LogP contribution in [0.3, 0.4) is 0 Å². The van der Waals surface area contributed by atoms with Gasteiger partial charge in [0, 0.05) is 37.8 Å². The fourth-order valence-corrected chi connectivity index (χ4v) is 5.85. The number of nitrogens with one attached hydrogen (secondary N) is 1. The molecule has 2 aliphatic rings. The lowest BCUT2D eigenvalue weighted by Crippen LogP contribution is -2.52. The normalized spacial score (nSPS) is 19.9. The summed E-state index contributed by atoms with van der Waals surface area (Å²) in [6, 6.07) is 8.61. The number of para-hydroxylation sites is 1. The topological polar surface area (TPSA) is 82.9 Å². The molecule has 188 valence electrons. The number of rotatable bonds is 6. The van der Waals surface area contributed by atoms with Crippen LogP contribution in [0.2, 0.25) is 0 Å². The zero-order valence-corrected chi connectivity index (χ0v) is 21.6. The monoisotopic (exact) mass is 477 g/mol. The van der Waals surface area contributed by atoms with Gasteiger partial charge in [-0.05, 0) is 67.5 Å². The van der Waals surface area contributed by atoms with E-state index in [1.54, 1.807) is 0 Å². The average molecular weight is 478 g/mol. The SMILES string of the molecule is CCC(C)(C)n1nnnc1[C@H](c1cc2cccc(C)c2[nH]c1=O)N1CCN(C2CCCCC2)CC1. The van der Waals surface area contributed by atoms with Crippen LogP contribution in [0, 0.1) is 6.92 Å². The van der Waals surface area contributed by atoms with E-state index in [1.165, 1.54) is 32.1 Å². The van der Waals surface area contributed by atoms with E-state index in [2.05, 4.69) is 63.2 Å². The molecule has 35 heavy (non-hydrogen) atoms. The van der Waals surface area contributed by atoms with E-state index in [-0.39, 0.29) is 17.1 Å². The Bertz CT molecular complexity index is 1220. The van der Waals surface area contributed by atoms with E-state index in [1.807, 2.05) is 23.7 Å². The Hall–Kier alpha value is -2.58. The second-order valence-electron chi connectivity index (χ2n) is 11.0. The Morgan fingerprint density at radius 3 is 2.57 bits per heavy atom. The van der Waals surface area contributed by atoms with Crippen LogP contribution in [0.4, 0.5) is 0 Å². The fraction of sp³-hybridized carbons (Fsp3) is 0.630. The average Bonchev–Trinajstić information content (AvgIpc) is 3.37. The number of pyridine rings is 1. The smallest absolute Gasteiger partial charge is 0.253 e. The molecule has 0 unspecified atom stereocenters. The number of tetrazole rings is 1. The molecule has 3 heterocycles. The summed E-state index contributed by atoms with van der Waals surface area (Å²) in [5.41, 5.74) is 2.38. The first-order valence-electron chi connectivity index (χ1n) is 13.3. The number of aromatic nitrogens is 5. The van der Waals surface area contributed by atoms with Crippen LogP contribution in [0.5, 0.6) is 0 Å². The molecule has 0 radical (unpaired) electrons. The van der Waals surface area contributed by atoms with E-state index in [4.69, 9.17) is 0 Å². The molecule has 1 saturated carbocycles. The van der Waals surface area contributed by atoms with Gasteiger partial charge in [0.05, 0.1) is 11.1 Å². The predicted molar refractivity (Wildman–Crippen MR) is 139 cm³/mol. The molecule has 2 aromatic heterocycles. The van der Waals surface area contributed by atoms with Crippen molar-refractivity contribution in [1.82, 2.24) is 35.0 Å². The summed E-state index contributed by atoms with van der Waals surface area (Å²) >= 11 is 0. The maximum Gasteiger partial charge on any atom is 0.253 e. The Labute approximate surface area is 207 Å². The van der Waals surface area contributed by atoms with Crippen LogP contribution >= 0.6 is 0 Å². The lowest BCUT2D eigenvalue weighted by molar-refractivity contribution is 0.0603. The van der Waals surface area contributed by atoms with Crippen molar-refractivity contribution in [1.29, 1.82) is 0 Å². The number of aryl methyl sites for hydroxylation is 1. The third-order valence-corrected chi connectivity index (χ3v) is 8.39. The number of hydrogen-bond acceptors (Lipinski definition) is 6. The molecule has 1 saturated heterocycles. The third kappa shape index (κ3) is 4.66. The fourth-order valence-electron chi connectivity index (χ4n) is 5.85. The van der Waals surface area contributed by atoms with Crippen molar-refractivity contribution in [3.05, 3.63) is 51.6 Å². The van der Waals surface area contributed by atoms with Gasteiger partial charge in [-0.25, -0.2) is 4.68 Å². The molecule has 5 rings (SSSR count). The largest absolute Gasteiger partial charge is 0.321 e. The van der Waals surface area contributed by atoms with Crippen LogP contribution in [0.25, 0.3) is 10.9 Å². The molecule has 8 nitrogen and oxygen atoms in total. The Morgan fingerprint density at radius 1 is 1.11 bits per heavy atom. The summed E-state index contributed by atoms with van der Waals surface area (Å²) in [4.78, 5) is 21.8. The number of H-pyrrole nitrogens is 1. The summed E-state index contributed by atoms with van der Waals surface area (Å²) in [7, 11) is 0. The molecule has 1 aliphatic carbocycles. The summed E-state index contributed by atoms with van der Waals surface area (Å²) < 4.78 is 1.94. The van der Waals surface area contributed by atoms with Gasteiger partial charge in [-0.3, -0.25) is 14.6 Å². The van der Waals surface area contributed by atoms with Gasteiger partial charge in [0.1, 0.15) is 6.04 Å². The predicted octanol–water partition coefficient (Wildman–Crippen LogP) is 4.01. The minimum Gasteiger partial charge on any atom is -0.321 e. The Kier molecular flexibility index (Phi) is 6.77. The van der Waals surface area contributed by atoms with Crippen molar-refractivity contribution in [3.63, 3.8) is 0 Å². The van der Waals surface area contributed by atoms with Gasteiger partial charge in [0.15, 0.2) is 5.82 Å². The van der Waals surface area contributed by atoms with Crippen LogP contribution in [-0.2, 0) is 5.54 Å². The first-order valence-corrected chi connectivity index (χ1v) is 13.3. The number of nitrogens with zero attached hydrogens (tertiary/aromatic N) is 6. The molecule has 1 aromatic carbocycles. The van der Waals surface area contributed by atoms with E-state index >= 15 is 0 Å². The Morgan fingerprint density at radius 2 is 1.86 bits per heavy atom. The van der Waals surface area contributed by atoms with Crippen molar-refractivity contribution in [3.8, 4) is 0 Å². The van der Waals surface area contributed by atoms with Gasteiger partial charge in [0.2, 0.25) is 0 Å². The maximum atomic E-state index is 13.5. The number of piperazine rings is 1. The summed E-state index contributed by atoms with van der Waals surface area (Å²) in [6.45, 7) is 12.3. The number of fused-ring (bicyclic) bond motifs is 1. The molecule has 8 heteroatoms. The van der Waals surface area contributed by atoms with Crippen LogP contribution < -0.4 is 5.56 Å². The van der Waals surface area contributed by atoms with Crippen molar-refractivity contribution in [2.75, 3.05) is 26.2 Å². The molecule has 0 spiro atoms. The summed E-state index contributed by atoms with van der Waals surface area (Å²) in [5.74, 6) is 0.750. The lowest BCUT2D eigenvalue weighted by Gasteiger charge is -2.43. The highest BCUT2D eigenvalue weighted by Crippen LogP contribution is 2.32. The first kappa shape index (κ1) is 24.1. The number of aromatic amines is 1. The second-order valence-corrected chi connectivity index (χ2v) is 11.0. The standard InChI is InChI=1S/C27H39N7O/c1-5-27(3,4)34-25(29-30-31-34)24(22-18-20-11-9-10-19(2)23(20)28-26(22)35)33-16-14-32(15-17-33)21-12-7-6-8-13-21/h9-11,18,21,24H,5-8,12-17H2,1-4H3,(H,28,35)/t24-/m0/s1. The van der Waals surface area contributed by atoms with Crippen LogP contribution in [0.1, 0.15) is 82.3 Å². The van der Waals surface area contributed by atoms with Gasteiger partial charge in [0.25, 0.3) is 5.56 Å². The summed E-state index contributed by atoms with van der Waals surface area (Å²) in [6.07, 6.45) is 7.59. The van der Waals surface area contributed by atoms with E-state index in [0.717, 1.165) is 60.5 Å². The summed E-state index contributed by atoms with van der Waals surface area (Å²) in [5, 5.41) is 14.1. The molecule has 0 bridgehead atoms. The van der Waals surface area contributed by atoms with Crippen molar-refractivity contribution in [2.24, 2.45) is 0 Å². The van der Waals surface area contributed by atoms with Crippen LogP contribution in [0.15, 0.2) is 29.1 Å². The molecule has 1 N–H and O–H groups in total. The second kappa shape index (κ2) is 9.82. The van der Waals surface area contributed by atoms with Crippen molar-refractivity contribution in [2.45, 2.75) is 83.8 Å². The van der Waals surface area contributed by atoms with E-state index in [0.29, 0.717) is 6.04 Å². The van der Waals surface area contributed by atoms with Gasteiger partial charge in [-0.15, -0.1) is 5.10 Å². The molecule has 2 fully saturated rings. The molecule has 1 atom stereocenters. The zero-order valence-electron chi connectivity index (χ0n) is 21.6. The van der Waals surface area contributed by atoms with E-state index in [9.17, 15) is 4.79 Å². The molecule has 3 aromatic rings. The molecular weight excluding hydrogens is 438 g/mol. The third-order valence-electron chi connectivity index (χ3n) is 8.39. The van der Waals surface area contributed by atoms with Crippen LogP contribution in [-0.4, -0.2) is 67.2 Å². The zero-order chi connectivity index (χ0) is 24.6. The van der Waals surface area contributed by atoms with E-state index < -0.39 is 0 Å². The Balaban J connectivity index is 1.54. The molecular formula is C27H39N7O. The van der Waals surface area contributed by atoms with Crippen molar-refractivity contribution < 1.29 is 0 Å². The highest BCUT2D eigenvalue weighted by Gasteiger charge is 2.36. The molecule has 1 aliphatic heterocycles. The van der Waals surface area contributed by atoms with Gasteiger partial charge >= 0.3 is 0 Å². The maximum absolute atomic E-state index is 13.5.